The summed E-state index contributed by atoms with van der Waals surface area (Å²) in [5.74, 6) is 0.523. The molecular formula is C16H16N4O2S5. The van der Waals surface area contributed by atoms with Crippen molar-refractivity contribution in [1.82, 2.24) is 20.8 Å². The maximum Gasteiger partial charge on any atom is 0.230 e. The Labute approximate surface area is 177 Å². The maximum atomic E-state index is 11.9. The molecule has 3 heterocycles. The zero-order valence-electron chi connectivity index (χ0n) is 14.0. The van der Waals surface area contributed by atoms with E-state index in [9.17, 15) is 9.59 Å². The minimum absolute atomic E-state index is 0.0363. The molecule has 0 fully saturated rings. The number of hydrogen-bond donors (Lipinski definition) is 2. The number of carbonyl (C=O) groups is 2. The Hall–Kier alpha value is -1.40. The molecule has 2 N–H and O–H groups in total. The smallest absolute Gasteiger partial charge is 0.230 e. The molecular weight excluding hydrogens is 441 g/mol. The van der Waals surface area contributed by atoms with Crippen molar-refractivity contribution in [2.24, 2.45) is 0 Å². The molecule has 3 aromatic heterocycles. The second kappa shape index (κ2) is 10.8. The van der Waals surface area contributed by atoms with Gasteiger partial charge in [-0.2, -0.15) is 0 Å². The van der Waals surface area contributed by atoms with Crippen LogP contribution in [0.15, 0.2) is 43.7 Å². The van der Waals surface area contributed by atoms with Gasteiger partial charge in [0.05, 0.1) is 24.6 Å². The minimum atomic E-state index is -0.0363. The predicted octanol–water partition coefficient (Wildman–Crippen LogP) is 3.48. The van der Waals surface area contributed by atoms with Gasteiger partial charge in [0, 0.05) is 9.75 Å². The number of amides is 2. The summed E-state index contributed by atoms with van der Waals surface area (Å²) in [7, 11) is 0. The molecule has 0 aliphatic heterocycles. The van der Waals surface area contributed by atoms with Crippen molar-refractivity contribution in [2.45, 2.75) is 21.8 Å². The van der Waals surface area contributed by atoms with Gasteiger partial charge in [0.15, 0.2) is 8.68 Å². The molecule has 142 valence electrons. The zero-order chi connectivity index (χ0) is 18.9. The largest absolute Gasteiger partial charge is 0.350 e. The topological polar surface area (TPSA) is 84.0 Å². The third-order valence-electron chi connectivity index (χ3n) is 3.12. The number of nitrogens with zero attached hydrogens (tertiary/aromatic N) is 2. The van der Waals surface area contributed by atoms with Crippen LogP contribution in [-0.4, -0.2) is 33.5 Å². The van der Waals surface area contributed by atoms with Crippen LogP contribution in [0.25, 0.3) is 0 Å². The van der Waals surface area contributed by atoms with Crippen molar-refractivity contribution < 1.29 is 9.59 Å². The number of hydrogen-bond acceptors (Lipinski definition) is 9. The summed E-state index contributed by atoms with van der Waals surface area (Å²) < 4.78 is 1.45. The van der Waals surface area contributed by atoms with Crippen LogP contribution in [0.5, 0.6) is 0 Å². The summed E-state index contributed by atoms with van der Waals surface area (Å²) >= 11 is 7.34. The van der Waals surface area contributed by atoms with Crippen molar-refractivity contribution in [3.63, 3.8) is 0 Å². The SMILES string of the molecule is O=C(CSc1nnc(SCC(=O)NCc2cccs2)s1)NCc1cccs1. The first-order valence-electron chi connectivity index (χ1n) is 7.86. The number of thioether (sulfide) groups is 2. The monoisotopic (exact) mass is 456 g/mol. The Morgan fingerprint density at radius 1 is 0.852 bits per heavy atom. The number of thiophene rings is 2. The van der Waals surface area contributed by atoms with Crippen molar-refractivity contribution in [1.29, 1.82) is 0 Å². The van der Waals surface area contributed by atoms with Gasteiger partial charge in [0.25, 0.3) is 0 Å². The van der Waals surface area contributed by atoms with Gasteiger partial charge in [-0.15, -0.1) is 32.9 Å². The van der Waals surface area contributed by atoms with Gasteiger partial charge in [0.1, 0.15) is 0 Å². The molecule has 2 amide bonds. The van der Waals surface area contributed by atoms with Crippen LogP contribution >= 0.6 is 57.5 Å². The van der Waals surface area contributed by atoms with E-state index in [1.54, 1.807) is 22.7 Å². The Kier molecular flexibility index (Phi) is 8.14. The van der Waals surface area contributed by atoms with Gasteiger partial charge in [0.2, 0.25) is 11.8 Å². The summed E-state index contributed by atoms with van der Waals surface area (Å²) in [6, 6.07) is 7.90. The minimum Gasteiger partial charge on any atom is -0.350 e. The van der Waals surface area contributed by atoms with Crippen LogP contribution in [0.4, 0.5) is 0 Å². The van der Waals surface area contributed by atoms with Crippen LogP contribution in [-0.2, 0) is 22.7 Å². The summed E-state index contributed by atoms with van der Waals surface area (Å²) in [5.41, 5.74) is 0. The third kappa shape index (κ3) is 7.26. The number of rotatable bonds is 10. The molecule has 3 rings (SSSR count). The fourth-order valence-electron chi connectivity index (χ4n) is 1.87. The Morgan fingerprint density at radius 2 is 1.33 bits per heavy atom. The summed E-state index contributed by atoms with van der Waals surface area (Å²) in [5, 5.41) is 17.9. The van der Waals surface area contributed by atoms with Gasteiger partial charge >= 0.3 is 0 Å². The molecule has 0 unspecified atom stereocenters. The van der Waals surface area contributed by atoms with E-state index in [0.29, 0.717) is 24.6 Å². The number of nitrogens with one attached hydrogen (secondary N) is 2. The van der Waals surface area contributed by atoms with Crippen molar-refractivity contribution in [3.8, 4) is 0 Å². The molecule has 11 heteroatoms. The molecule has 0 bridgehead atoms. The average molecular weight is 457 g/mol. The predicted molar refractivity (Wildman–Crippen MR) is 114 cm³/mol. The van der Waals surface area contributed by atoms with Crippen molar-refractivity contribution in [2.75, 3.05) is 11.5 Å². The van der Waals surface area contributed by atoms with Crippen molar-refractivity contribution >= 4 is 69.3 Å². The Balaban J connectivity index is 1.33. The highest BCUT2D eigenvalue weighted by atomic mass is 32.2. The molecule has 3 aromatic rings. The second-order valence-electron chi connectivity index (χ2n) is 5.12. The molecule has 0 atom stereocenters. The molecule has 0 aliphatic carbocycles. The van der Waals surface area contributed by atoms with E-state index in [1.807, 2.05) is 35.0 Å². The van der Waals surface area contributed by atoms with Crippen LogP contribution in [0, 0.1) is 0 Å². The summed E-state index contributed by atoms with van der Waals surface area (Å²) in [6.07, 6.45) is 0. The molecule has 0 aliphatic rings. The van der Waals surface area contributed by atoms with Crippen LogP contribution in [0.3, 0.4) is 0 Å². The Bertz CT molecular complexity index is 779. The molecule has 6 nitrogen and oxygen atoms in total. The highest BCUT2D eigenvalue weighted by Crippen LogP contribution is 2.28. The lowest BCUT2D eigenvalue weighted by Gasteiger charge is -2.02. The van der Waals surface area contributed by atoms with Gasteiger partial charge in [-0.3, -0.25) is 9.59 Å². The highest BCUT2D eigenvalue weighted by molar-refractivity contribution is 8.03. The normalized spacial score (nSPS) is 10.7. The highest BCUT2D eigenvalue weighted by Gasteiger charge is 2.10. The summed E-state index contributed by atoms with van der Waals surface area (Å²) in [4.78, 5) is 26.0. The molecule has 0 saturated carbocycles. The van der Waals surface area contributed by atoms with E-state index in [0.717, 1.165) is 18.4 Å². The quantitative estimate of drug-likeness (QED) is 0.455. The molecule has 0 spiro atoms. The van der Waals surface area contributed by atoms with Gasteiger partial charge in [-0.25, -0.2) is 0 Å². The lowest BCUT2D eigenvalue weighted by Crippen LogP contribution is -2.24. The third-order valence-corrected chi connectivity index (χ3v) is 8.06. The van der Waals surface area contributed by atoms with Crippen molar-refractivity contribution in [3.05, 3.63) is 44.8 Å². The van der Waals surface area contributed by atoms with Gasteiger partial charge in [-0.05, 0) is 22.9 Å². The van der Waals surface area contributed by atoms with E-state index in [1.165, 1.54) is 34.9 Å². The zero-order valence-corrected chi connectivity index (χ0v) is 18.1. The summed E-state index contributed by atoms with van der Waals surface area (Å²) in [6.45, 7) is 1.10. The Morgan fingerprint density at radius 3 is 1.74 bits per heavy atom. The molecule has 0 saturated heterocycles. The van der Waals surface area contributed by atoms with E-state index in [4.69, 9.17) is 0 Å². The second-order valence-corrected chi connectivity index (χ2v) is 10.6. The van der Waals surface area contributed by atoms with E-state index < -0.39 is 0 Å². The molecule has 27 heavy (non-hydrogen) atoms. The first-order chi connectivity index (χ1) is 13.2. The molecule has 0 radical (unpaired) electrons. The van der Waals surface area contributed by atoms with E-state index >= 15 is 0 Å². The van der Waals surface area contributed by atoms with E-state index in [2.05, 4.69) is 20.8 Å². The van der Waals surface area contributed by atoms with E-state index in [-0.39, 0.29) is 11.8 Å². The maximum absolute atomic E-state index is 11.9. The number of aromatic nitrogens is 2. The van der Waals surface area contributed by atoms with Gasteiger partial charge in [-0.1, -0.05) is 47.0 Å². The van der Waals surface area contributed by atoms with Crippen LogP contribution in [0.2, 0.25) is 0 Å². The number of carbonyl (C=O) groups excluding carboxylic acids is 2. The lowest BCUT2D eigenvalue weighted by molar-refractivity contribution is -0.119. The first kappa shape index (κ1) is 20.3. The fourth-order valence-corrected chi connectivity index (χ4v) is 5.84. The van der Waals surface area contributed by atoms with Crippen LogP contribution in [0.1, 0.15) is 9.75 Å². The fraction of sp³-hybridized carbons (Fsp3) is 0.250. The van der Waals surface area contributed by atoms with Crippen LogP contribution < -0.4 is 10.6 Å². The first-order valence-corrected chi connectivity index (χ1v) is 12.4. The standard InChI is InChI=1S/C16H16N4O2S5/c21-13(17-7-11-3-1-5-23-11)9-25-15-19-20-16(27-15)26-10-14(22)18-8-12-4-2-6-24-12/h1-6H,7-10H2,(H,17,21)(H,18,22). The average Bonchev–Trinajstić information content (AvgIpc) is 3.44. The lowest BCUT2D eigenvalue weighted by atomic mass is 10.4. The van der Waals surface area contributed by atoms with Gasteiger partial charge < -0.3 is 10.6 Å². The molecule has 0 aromatic carbocycles.